The average molecular weight is 227 g/mol. The Kier molecular flexibility index (Phi) is 7.01. The summed E-state index contributed by atoms with van der Waals surface area (Å²) in [5.41, 5.74) is 0. The highest BCUT2D eigenvalue weighted by atomic mass is 15.2. The molecule has 1 N–H and O–H groups in total. The number of likely N-dealkylation sites (tertiary alicyclic amines) is 1. The van der Waals surface area contributed by atoms with E-state index in [-0.39, 0.29) is 0 Å². The lowest BCUT2D eigenvalue weighted by Crippen LogP contribution is -2.31. The lowest BCUT2D eigenvalue weighted by Gasteiger charge is -2.20. The molecule has 1 rings (SSSR count). The molecule has 96 valence electrons. The fraction of sp³-hybridized carbons (Fsp3) is 1.00. The predicted octanol–water partition coefficient (Wildman–Crippen LogP) is 1.40. The van der Waals surface area contributed by atoms with Gasteiger partial charge in [-0.1, -0.05) is 13.3 Å². The first kappa shape index (κ1) is 13.9. The monoisotopic (exact) mass is 227 g/mol. The Bertz CT molecular complexity index is 171. The SMILES string of the molecule is CCNCCCCCN1CCC(N(C)C)C1. The van der Waals surface area contributed by atoms with E-state index in [0.717, 1.165) is 12.6 Å². The van der Waals surface area contributed by atoms with E-state index in [1.54, 1.807) is 0 Å². The zero-order chi connectivity index (χ0) is 11.8. The highest BCUT2D eigenvalue weighted by Gasteiger charge is 2.22. The first-order valence-electron chi connectivity index (χ1n) is 6.83. The van der Waals surface area contributed by atoms with Gasteiger partial charge in [-0.2, -0.15) is 0 Å². The molecule has 1 aliphatic rings. The molecule has 3 heteroatoms. The highest BCUT2D eigenvalue weighted by Crippen LogP contribution is 2.13. The second-order valence-corrected chi connectivity index (χ2v) is 5.12. The zero-order valence-electron chi connectivity index (χ0n) is 11.3. The molecular weight excluding hydrogens is 198 g/mol. The molecule has 0 radical (unpaired) electrons. The largest absolute Gasteiger partial charge is 0.317 e. The second kappa shape index (κ2) is 8.04. The highest BCUT2D eigenvalue weighted by molar-refractivity contribution is 4.80. The third-order valence-corrected chi connectivity index (χ3v) is 3.56. The summed E-state index contributed by atoms with van der Waals surface area (Å²) in [5.74, 6) is 0. The van der Waals surface area contributed by atoms with Crippen molar-refractivity contribution in [2.24, 2.45) is 0 Å². The van der Waals surface area contributed by atoms with Gasteiger partial charge in [0.05, 0.1) is 0 Å². The topological polar surface area (TPSA) is 18.5 Å². The Morgan fingerprint density at radius 3 is 2.69 bits per heavy atom. The summed E-state index contributed by atoms with van der Waals surface area (Å²) < 4.78 is 0. The summed E-state index contributed by atoms with van der Waals surface area (Å²) in [5, 5.41) is 3.38. The Labute approximate surface area is 101 Å². The Hall–Kier alpha value is -0.120. The van der Waals surface area contributed by atoms with Gasteiger partial charge in [0.1, 0.15) is 0 Å². The number of nitrogens with one attached hydrogen (secondary N) is 1. The summed E-state index contributed by atoms with van der Waals surface area (Å²) in [6.07, 6.45) is 5.42. The van der Waals surface area contributed by atoms with Crippen LogP contribution >= 0.6 is 0 Å². The maximum atomic E-state index is 3.38. The Balaban J connectivity index is 1.94. The van der Waals surface area contributed by atoms with Crippen LogP contribution in [0.4, 0.5) is 0 Å². The van der Waals surface area contributed by atoms with Crippen molar-refractivity contribution in [2.45, 2.75) is 38.6 Å². The van der Waals surface area contributed by atoms with Gasteiger partial charge < -0.3 is 15.1 Å². The van der Waals surface area contributed by atoms with Crippen molar-refractivity contribution in [3.8, 4) is 0 Å². The standard InChI is InChI=1S/C13H29N3/c1-4-14-9-6-5-7-10-16-11-8-13(12-16)15(2)3/h13-14H,4-12H2,1-3H3. The predicted molar refractivity (Wildman–Crippen MR) is 70.9 cm³/mol. The van der Waals surface area contributed by atoms with E-state index in [0.29, 0.717) is 0 Å². The molecule has 1 atom stereocenters. The van der Waals surface area contributed by atoms with Gasteiger partial charge in [-0.15, -0.1) is 0 Å². The molecule has 0 spiro atoms. The molecule has 1 aliphatic heterocycles. The number of hydrogen-bond acceptors (Lipinski definition) is 3. The first-order chi connectivity index (χ1) is 7.74. The average Bonchev–Trinajstić information content (AvgIpc) is 2.72. The summed E-state index contributed by atoms with van der Waals surface area (Å²) in [7, 11) is 4.40. The zero-order valence-corrected chi connectivity index (χ0v) is 11.3. The minimum absolute atomic E-state index is 0.793. The van der Waals surface area contributed by atoms with Gasteiger partial charge in [0.25, 0.3) is 0 Å². The molecule has 1 fully saturated rings. The van der Waals surface area contributed by atoms with E-state index in [1.807, 2.05) is 0 Å². The molecule has 0 aromatic rings. The van der Waals surface area contributed by atoms with Crippen LogP contribution < -0.4 is 5.32 Å². The Morgan fingerprint density at radius 1 is 1.25 bits per heavy atom. The van der Waals surface area contributed by atoms with Crippen LogP contribution in [0.1, 0.15) is 32.6 Å². The molecule has 0 aromatic heterocycles. The number of unbranched alkanes of at least 4 members (excludes halogenated alkanes) is 2. The lowest BCUT2D eigenvalue weighted by atomic mass is 10.2. The maximum Gasteiger partial charge on any atom is 0.0229 e. The van der Waals surface area contributed by atoms with E-state index in [2.05, 4.69) is 36.1 Å². The van der Waals surface area contributed by atoms with Crippen molar-refractivity contribution in [2.75, 3.05) is 46.8 Å². The number of nitrogens with zero attached hydrogens (tertiary/aromatic N) is 2. The van der Waals surface area contributed by atoms with Crippen molar-refractivity contribution in [3.63, 3.8) is 0 Å². The lowest BCUT2D eigenvalue weighted by molar-refractivity contribution is 0.265. The first-order valence-corrected chi connectivity index (χ1v) is 6.83. The van der Waals surface area contributed by atoms with Crippen molar-refractivity contribution < 1.29 is 0 Å². The number of rotatable bonds is 8. The van der Waals surface area contributed by atoms with E-state index < -0.39 is 0 Å². The molecule has 0 aromatic carbocycles. The summed E-state index contributed by atoms with van der Waals surface area (Å²) in [6, 6.07) is 0.793. The molecule has 16 heavy (non-hydrogen) atoms. The van der Waals surface area contributed by atoms with Gasteiger partial charge in [0.15, 0.2) is 0 Å². The van der Waals surface area contributed by atoms with Gasteiger partial charge >= 0.3 is 0 Å². The van der Waals surface area contributed by atoms with Crippen LogP contribution in [0, 0.1) is 0 Å². The van der Waals surface area contributed by atoms with Crippen LogP contribution in [-0.4, -0.2) is 62.7 Å². The smallest absolute Gasteiger partial charge is 0.0229 e. The number of hydrogen-bond donors (Lipinski definition) is 1. The molecule has 1 heterocycles. The van der Waals surface area contributed by atoms with Crippen molar-refractivity contribution in [3.05, 3.63) is 0 Å². The van der Waals surface area contributed by atoms with Gasteiger partial charge in [-0.3, -0.25) is 0 Å². The normalized spacial score (nSPS) is 22.1. The van der Waals surface area contributed by atoms with Crippen LogP contribution in [0.25, 0.3) is 0 Å². The van der Waals surface area contributed by atoms with Crippen LogP contribution in [0.5, 0.6) is 0 Å². The third kappa shape index (κ3) is 5.28. The van der Waals surface area contributed by atoms with Gasteiger partial charge in [0.2, 0.25) is 0 Å². The number of likely N-dealkylation sites (N-methyl/N-ethyl adjacent to an activating group) is 1. The van der Waals surface area contributed by atoms with E-state index in [4.69, 9.17) is 0 Å². The minimum atomic E-state index is 0.793. The molecular formula is C13H29N3. The van der Waals surface area contributed by atoms with Crippen molar-refractivity contribution in [1.82, 2.24) is 15.1 Å². The third-order valence-electron chi connectivity index (χ3n) is 3.56. The quantitative estimate of drug-likeness (QED) is 0.632. The summed E-state index contributed by atoms with van der Waals surface area (Å²) in [4.78, 5) is 4.99. The van der Waals surface area contributed by atoms with Crippen molar-refractivity contribution in [1.29, 1.82) is 0 Å². The maximum absolute atomic E-state index is 3.38. The Morgan fingerprint density at radius 2 is 2.06 bits per heavy atom. The molecule has 3 nitrogen and oxygen atoms in total. The van der Waals surface area contributed by atoms with E-state index in [9.17, 15) is 0 Å². The van der Waals surface area contributed by atoms with Gasteiger partial charge in [-0.25, -0.2) is 0 Å². The van der Waals surface area contributed by atoms with Crippen LogP contribution in [-0.2, 0) is 0 Å². The van der Waals surface area contributed by atoms with Crippen LogP contribution in [0.15, 0.2) is 0 Å². The summed E-state index contributed by atoms with van der Waals surface area (Å²) >= 11 is 0. The molecule has 0 amide bonds. The molecule has 1 saturated heterocycles. The van der Waals surface area contributed by atoms with Gasteiger partial charge in [-0.05, 0) is 59.5 Å². The molecule has 0 aliphatic carbocycles. The fourth-order valence-electron chi connectivity index (χ4n) is 2.38. The summed E-state index contributed by atoms with van der Waals surface area (Å²) in [6.45, 7) is 8.35. The van der Waals surface area contributed by atoms with Crippen LogP contribution in [0.3, 0.4) is 0 Å². The van der Waals surface area contributed by atoms with E-state index in [1.165, 1.54) is 51.9 Å². The fourth-order valence-corrected chi connectivity index (χ4v) is 2.38. The minimum Gasteiger partial charge on any atom is -0.317 e. The molecule has 1 unspecified atom stereocenters. The van der Waals surface area contributed by atoms with Crippen LogP contribution in [0.2, 0.25) is 0 Å². The van der Waals surface area contributed by atoms with Gasteiger partial charge in [0, 0.05) is 12.6 Å². The van der Waals surface area contributed by atoms with E-state index >= 15 is 0 Å². The van der Waals surface area contributed by atoms with Crippen molar-refractivity contribution >= 4 is 0 Å². The molecule has 0 bridgehead atoms. The molecule has 0 saturated carbocycles. The second-order valence-electron chi connectivity index (χ2n) is 5.12.